The van der Waals surface area contributed by atoms with E-state index in [1.807, 2.05) is 13.8 Å². The van der Waals surface area contributed by atoms with Crippen LogP contribution in [0.3, 0.4) is 0 Å². The fourth-order valence-electron chi connectivity index (χ4n) is 2.79. The van der Waals surface area contributed by atoms with Crippen molar-refractivity contribution in [3.8, 4) is 0 Å². The molecule has 1 unspecified atom stereocenters. The summed E-state index contributed by atoms with van der Waals surface area (Å²) < 4.78 is 19.4. The van der Waals surface area contributed by atoms with Crippen LogP contribution in [0.5, 0.6) is 0 Å². The molecule has 0 spiro atoms. The molecule has 1 heterocycles. The van der Waals surface area contributed by atoms with Gasteiger partial charge in [0.2, 0.25) is 0 Å². The molecule has 0 fully saturated rings. The molecule has 0 aliphatic carbocycles. The number of esters is 1. The second-order valence-electron chi connectivity index (χ2n) is 6.93. The molecule has 0 bridgehead atoms. The molecule has 2 N–H and O–H groups in total. The number of carbonyl (C=O) groups excluding carboxylic acids is 2. The predicted octanol–water partition coefficient (Wildman–Crippen LogP) is 4.70. The number of hydrogen-bond donors (Lipinski definition) is 2. The second-order valence-corrected chi connectivity index (χ2v) is 6.93. The van der Waals surface area contributed by atoms with E-state index < -0.39 is 17.9 Å². The average Bonchev–Trinajstić information content (AvgIpc) is 2.72. The smallest absolute Gasteiger partial charge is 0.339 e. The van der Waals surface area contributed by atoms with Crippen molar-refractivity contribution in [2.24, 2.45) is 0 Å². The van der Waals surface area contributed by atoms with Crippen LogP contribution >= 0.6 is 0 Å². The Labute approximate surface area is 174 Å². The van der Waals surface area contributed by atoms with Gasteiger partial charge < -0.3 is 15.4 Å². The van der Waals surface area contributed by atoms with Gasteiger partial charge in [0, 0.05) is 23.5 Å². The van der Waals surface area contributed by atoms with Crippen LogP contribution in [-0.4, -0.2) is 23.0 Å². The van der Waals surface area contributed by atoms with Gasteiger partial charge in [-0.2, -0.15) is 0 Å². The largest absolute Gasteiger partial charge is 0.447 e. The van der Waals surface area contributed by atoms with Gasteiger partial charge in [0.25, 0.3) is 0 Å². The van der Waals surface area contributed by atoms with Gasteiger partial charge in [0.15, 0.2) is 6.10 Å². The number of carbonyl (C=O) groups is 2. The highest BCUT2D eigenvalue weighted by Crippen LogP contribution is 2.26. The van der Waals surface area contributed by atoms with Crippen LogP contribution in [0, 0.1) is 5.82 Å². The van der Waals surface area contributed by atoms with E-state index in [0.717, 1.165) is 0 Å². The third-order valence-electron chi connectivity index (χ3n) is 4.13. The normalized spacial score (nSPS) is 11.6. The minimum Gasteiger partial charge on any atom is -0.447 e. The lowest BCUT2D eigenvalue weighted by Crippen LogP contribution is -2.34. The summed E-state index contributed by atoms with van der Waals surface area (Å²) in [5.74, 6) is -1.02. The zero-order valence-electron chi connectivity index (χ0n) is 16.6. The molecule has 0 radical (unpaired) electrons. The van der Waals surface area contributed by atoms with Crippen molar-refractivity contribution in [3.63, 3.8) is 0 Å². The first-order valence-corrected chi connectivity index (χ1v) is 9.47. The van der Waals surface area contributed by atoms with Gasteiger partial charge in [-0.15, -0.1) is 0 Å². The summed E-state index contributed by atoms with van der Waals surface area (Å²) in [5.41, 5.74) is 1.80. The molecule has 0 saturated heterocycles. The Balaban J connectivity index is 1.77. The molecule has 2 aromatic carbocycles. The number of anilines is 1. The minimum atomic E-state index is -0.857. The summed E-state index contributed by atoms with van der Waals surface area (Å²) in [6, 6.07) is 17.1. The van der Waals surface area contributed by atoms with Gasteiger partial charge in [-0.1, -0.05) is 18.2 Å². The van der Waals surface area contributed by atoms with Gasteiger partial charge in [-0.25, -0.2) is 14.0 Å². The lowest BCUT2D eigenvalue weighted by atomic mass is 10.1. The van der Waals surface area contributed by atoms with Crippen LogP contribution in [-0.2, 0) is 4.74 Å². The monoisotopic (exact) mass is 407 g/mol. The van der Waals surface area contributed by atoms with E-state index in [-0.39, 0.29) is 12.1 Å². The van der Waals surface area contributed by atoms with Crippen molar-refractivity contribution < 1.29 is 18.7 Å². The summed E-state index contributed by atoms with van der Waals surface area (Å²) in [6.45, 7) is 3.71. The average molecular weight is 407 g/mol. The molecule has 3 aromatic rings. The zero-order valence-corrected chi connectivity index (χ0v) is 16.6. The number of pyridine rings is 1. The Bertz CT molecular complexity index is 1010. The number of amides is 2. The van der Waals surface area contributed by atoms with Crippen LogP contribution in [0.25, 0.3) is 0 Å². The molecule has 0 saturated carbocycles. The van der Waals surface area contributed by atoms with Crippen molar-refractivity contribution in [1.82, 2.24) is 10.3 Å². The van der Waals surface area contributed by atoms with Gasteiger partial charge in [-0.05, 0) is 62.4 Å². The number of urea groups is 1. The van der Waals surface area contributed by atoms with Crippen LogP contribution in [0.1, 0.15) is 41.6 Å². The van der Waals surface area contributed by atoms with E-state index in [1.165, 1.54) is 12.1 Å². The molecule has 6 nitrogen and oxygen atoms in total. The summed E-state index contributed by atoms with van der Waals surface area (Å²) in [6.07, 6.45) is 0.724. The van der Waals surface area contributed by atoms with E-state index in [0.29, 0.717) is 22.5 Å². The molecule has 154 valence electrons. The van der Waals surface area contributed by atoms with Gasteiger partial charge in [0.05, 0.1) is 11.3 Å². The molecule has 1 aromatic heterocycles. The summed E-state index contributed by atoms with van der Waals surface area (Å²) in [7, 11) is 0. The maximum atomic E-state index is 13.7. The van der Waals surface area contributed by atoms with Crippen LogP contribution in [0.4, 0.5) is 14.9 Å². The number of aromatic nitrogens is 1. The Hall–Kier alpha value is -3.74. The molecule has 7 heteroatoms. The van der Waals surface area contributed by atoms with Crippen molar-refractivity contribution in [2.45, 2.75) is 26.0 Å². The van der Waals surface area contributed by atoms with Crippen molar-refractivity contribution in [3.05, 3.63) is 95.6 Å². The summed E-state index contributed by atoms with van der Waals surface area (Å²) >= 11 is 0. The van der Waals surface area contributed by atoms with Crippen molar-refractivity contribution in [2.75, 3.05) is 5.32 Å². The van der Waals surface area contributed by atoms with Crippen LogP contribution < -0.4 is 10.6 Å². The third kappa shape index (κ3) is 5.64. The number of halogens is 1. The van der Waals surface area contributed by atoms with Crippen LogP contribution in [0.2, 0.25) is 0 Å². The highest BCUT2D eigenvalue weighted by Gasteiger charge is 2.22. The van der Waals surface area contributed by atoms with Crippen molar-refractivity contribution in [1.29, 1.82) is 0 Å². The summed E-state index contributed by atoms with van der Waals surface area (Å²) in [4.78, 5) is 28.7. The number of rotatable bonds is 6. The van der Waals surface area contributed by atoms with Crippen molar-refractivity contribution >= 4 is 17.7 Å². The first-order chi connectivity index (χ1) is 14.4. The predicted molar refractivity (Wildman–Crippen MR) is 112 cm³/mol. The molecule has 2 amide bonds. The minimum absolute atomic E-state index is 0.00519. The summed E-state index contributed by atoms with van der Waals surface area (Å²) in [5, 5.41) is 5.40. The molecule has 30 heavy (non-hydrogen) atoms. The topological polar surface area (TPSA) is 80.3 Å². The van der Waals surface area contributed by atoms with E-state index >= 15 is 0 Å². The molecule has 0 aliphatic heterocycles. The number of hydrogen-bond acceptors (Lipinski definition) is 4. The fourth-order valence-corrected chi connectivity index (χ4v) is 2.79. The van der Waals surface area contributed by atoms with Gasteiger partial charge in [0.1, 0.15) is 5.82 Å². The first kappa shape index (κ1) is 21.0. The van der Waals surface area contributed by atoms with Gasteiger partial charge >= 0.3 is 12.0 Å². The van der Waals surface area contributed by atoms with E-state index in [2.05, 4.69) is 15.6 Å². The molecule has 1 atom stereocenters. The molecule has 3 rings (SSSR count). The molecular formula is C23H22FN3O3. The lowest BCUT2D eigenvalue weighted by Gasteiger charge is -2.18. The Morgan fingerprint density at radius 2 is 1.77 bits per heavy atom. The number of nitrogens with one attached hydrogen (secondary N) is 2. The zero-order chi connectivity index (χ0) is 21.5. The van der Waals surface area contributed by atoms with E-state index in [9.17, 15) is 14.0 Å². The van der Waals surface area contributed by atoms with E-state index in [1.54, 1.807) is 60.8 Å². The second kappa shape index (κ2) is 9.65. The number of nitrogens with zero attached hydrogens (tertiary/aromatic N) is 1. The third-order valence-corrected chi connectivity index (χ3v) is 4.13. The van der Waals surface area contributed by atoms with Crippen LogP contribution in [0.15, 0.2) is 72.9 Å². The standard InChI is InChI=1S/C23H22FN3O3/c1-15(2)26-23(29)27-19-11-9-16(10-12-19)22(28)30-21(20-8-3-4-13-25-20)17-6-5-7-18(24)14-17/h3-15,21H,1-2H3,(H2,26,27,29). The highest BCUT2D eigenvalue weighted by molar-refractivity contribution is 5.92. The van der Waals surface area contributed by atoms with E-state index in [4.69, 9.17) is 4.74 Å². The number of benzene rings is 2. The Morgan fingerprint density at radius 1 is 1.00 bits per heavy atom. The SMILES string of the molecule is CC(C)NC(=O)Nc1ccc(C(=O)OC(c2cccc(F)c2)c2ccccn2)cc1. The molecule has 0 aliphatic rings. The number of ether oxygens (including phenoxy) is 1. The van der Waals surface area contributed by atoms with Gasteiger partial charge in [-0.3, -0.25) is 4.98 Å². The Morgan fingerprint density at radius 3 is 2.40 bits per heavy atom. The maximum absolute atomic E-state index is 13.7. The highest BCUT2D eigenvalue weighted by atomic mass is 19.1. The Kier molecular flexibility index (Phi) is 6.75. The first-order valence-electron chi connectivity index (χ1n) is 9.47. The maximum Gasteiger partial charge on any atom is 0.339 e. The molecular weight excluding hydrogens is 385 g/mol. The quantitative estimate of drug-likeness (QED) is 0.581. The fraction of sp³-hybridized carbons (Fsp3) is 0.174. The lowest BCUT2D eigenvalue weighted by molar-refractivity contribution is 0.0370.